The molecule has 0 unspecified atom stereocenters. The van der Waals surface area contributed by atoms with Crippen LogP contribution in [0.4, 0.5) is 8.78 Å². The molecule has 100 valence electrons. The summed E-state index contributed by atoms with van der Waals surface area (Å²) in [5, 5.41) is 0. The molecule has 0 bridgehead atoms. The summed E-state index contributed by atoms with van der Waals surface area (Å²) in [5.74, 6) is -0.671. The Morgan fingerprint density at radius 1 is 0.789 bits per heavy atom. The van der Waals surface area contributed by atoms with Gasteiger partial charge in [-0.3, -0.25) is 0 Å². The lowest BCUT2D eigenvalue weighted by molar-refractivity contribution is 0.102. The second-order valence-corrected chi connectivity index (χ2v) is 5.80. The third-order valence-electron chi connectivity index (χ3n) is 2.53. The molecule has 1 nitrogen and oxygen atoms in total. The number of hydrogen-bond donors (Lipinski definition) is 0. The molecule has 5 heteroatoms. The van der Waals surface area contributed by atoms with Crippen molar-refractivity contribution in [3.05, 3.63) is 68.1 Å². The first-order chi connectivity index (χ1) is 9.06. The largest absolute Gasteiger partial charge is 0.372 e. The van der Waals surface area contributed by atoms with Crippen LogP contribution in [0.3, 0.4) is 0 Å². The molecule has 19 heavy (non-hydrogen) atoms. The third-order valence-corrected chi connectivity index (χ3v) is 3.52. The van der Waals surface area contributed by atoms with Crippen molar-refractivity contribution in [2.45, 2.75) is 13.2 Å². The fourth-order valence-corrected chi connectivity index (χ4v) is 2.40. The van der Waals surface area contributed by atoms with Gasteiger partial charge in [0, 0.05) is 20.1 Å². The molecule has 2 aromatic rings. The van der Waals surface area contributed by atoms with E-state index in [0.717, 1.165) is 8.95 Å². The highest BCUT2D eigenvalue weighted by atomic mass is 79.9. The smallest absolute Gasteiger partial charge is 0.128 e. The summed E-state index contributed by atoms with van der Waals surface area (Å²) in [5.41, 5.74) is 0.870. The predicted molar refractivity (Wildman–Crippen MR) is 76.7 cm³/mol. The molecule has 0 amide bonds. The molecular weight excluding hydrogens is 382 g/mol. The van der Waals surface area contributed by atoms with Crippen LogP contribution >= 0.6 is 31.9 Å². The summed E-state index contributed by atoms with van der Waals surface area (Å²) in [6.45, 7) is 0.189. The molecule has 0 saturated carbocycles. The molecule has 0 heterocycles. The Morgan fingerprint density at radius 3 is 1.63 bits per heavy atom. The maximum Gasteiger partial charge on any atom is 0.128 e. The van der Waals surface area contributed by atoms with Gasteiger partial charge in [0.15, 0.2) is 0 Å². The zero-order chi connectivity index (χ0) is 13.8. The van der Waals surface area contributed by atoms with Crippen LogP contribution < -0.4 is 0 Å². The van der Waals surface area contributed by atoms with Crippen LogP contribution in [0.5, 0.6) is 0 Å². The molecule has 2 rings (SSSR count). The molecule has 0 fully saturated rings. The van der Waals surface area contributed by atoms with Crippen molar-refractivity contribution in [1.82, 2.24) is 0 Å². The van der Waals surface area contributed by atoms with Crippen molar-refractivity contribution in [2.24, 2.45) is 0 Å². The Kier molecular flexibility index (Phi) is 5.07. The van der Waals surface area contributed by atoms with Crippen molar-refractivity contribution in [3.63, 3.8) is 0 Å². The lowest BCUT2D eigenvalue weighted by Crippen LogP contribution is -1.99. The van der Waals surface area contributed by atoms with Crippen LogP contribution in [-0.2, 0) is 18.0 Å². The average Bonchev–Trinajstić information content (AvgIpc) is 2.38. The van der Waals surface area contributed by atoms with E-state index in [0.29, 0.717) is 11.1 Å². The van der Waals surface area contributed by atoms with Crippen molar-refractivity contribution < 1.29 is 13.5 Å². The van der Waals surface area contributed by atoms with E-state index in [2.05, 4.69) is 31.9 Å². The Hall–Kier alpha value is -0.780. The number of hydrogen-bond acceptors (Lipinski definition) is 1. The quantitative estimate of drug-likeness (QED) is 0.695. The topological polar surface area (TPSA) is 9.23 Å². The molecule has 0 N–H and O–H groups in total. The summed E-state index contributed by atoms with van der Waals surface area (Å²) >= 11 is 6.53. The summed E-state index contributed by atoms with van der Waals surface area (Å²) in [7, 11) is 0. The van der Waals surface area contributed by atoms with Crippen molar-refractivity contribution >= 4 is 31.9 Å². The summed E-state index contributed by atoms with van der Waals surface area (Å²) < 4.78 is 33.8. The Labute approximate surface area is 126 Å². The number of halogens is 4. The van der Waals surface area contributed by atoms with Gasteiger partial charge in [-0.25, -0.2) is 8.78 Å². The van der Waals surface area contributed by atoms with Crippen molar-refractivity contribution in [1.29, 1.82) is 0 Å². The maximum atomic E-state index is 13.5. The fourth-order valence-electron chi connectivity index (χ4n) is 1.58. The van der Waals surface area contributed by atoms with Gasteiger partial charge in [-0.2, -0.15) is 0 Å². The van der Waals surface area contributed by atoms with Gasteiger partial charge in [-0.05, 0) is 36.4 Å². The molecule has 0 aromatic heterocycles. The Balaban J connectivity index is 2.00. The molecule has 0 aliphatic carbocycles. The molecular formula is C14H10Br2F2O. The zero-order valence-corrected chi connectivity index (χ0v) is 13.0. The molecule has 0 saturated heterocycles. The Morgan fingerprint density at radius 2 is 1.21 bits per heavy atom. The fraction of sp³-hybridized carbons (Fsp3) is 0.143. The molecule has 0 aliphatic rings. The lowest BCUT2D eigenvalue weighted by atomic mass is 10.2. The van der Waals surface area contributed by atoms with Gasteiger partial charge >= 0.3 is 0 Å². The van der Waals surface area contributed by atoms with E-state index in [1.54, 1.807) is 24.3 Å². The van der Waals surface area contributed by atoms with Crippen molar-refractivity contribution in [3.8, 4) is 0 Å². The molecule has 0 radical (unpaired) electrons. The van der Waals surface area contributed by atoms with Gasteiger partial charge in [0.2, 0.25) is 0 Å². The van der Waals surface area contributed by atoms with E-state index in [4.69, 9.17) is 4.74 Å². The van der Waals surface area contributed by atoms with Crippen LogP contribution in [0, 0.1) is 11.6 Å². The van der Waals surface area contributed by atoms with E-state index in [-0.39, 0.29) is 24.8 Å². The normalized spacial score (nSPS) is 10.7. The van der Waals surface area contributed by atoms with Gasteiger partial charge in [0.1, 0.15) is 11.6 Å². The minimum atomic E-state index is -0.335. The minimum absolute atomic E-state index is 0.0945. The predicted octanol–water partition coefficient (Wildman–Crippen LogP) is 5.21. The van der Waals surface area contributed by atoms with E-state index in [1.165, 1.54) is 12.1 Å². The van der Waals surface area contributed by atoms with Gasteiger partial charge in [0.05, 0.1) is 13.2 Å². The number of benzene rings is 2. The van der Waals surface area contributed by atoms with Gasteiger partial charge in [0.25, 0.3) is 0 Å². The van der Waals surface area contributed by atoms with Crippen LogP contribution in [0.15, 0.2) is 45.3 Å². The molecule has 0 aliphatic heterocycles. The van der Waals surface area contributed by atoms with Crippen LogP contribution in [0.2, 0.25) is 0 Å². The first-order valence-corrected chi connectivity index (χ1v) is 7.10. The first-order valence-electron chi connectivity index (χ1n) is 5.52. The highest BCUT2D eigenvalue weighted by molar-refractivity contribution is 9.10. The molecule has 0 atom stereocenters. The maximum absolute atomic E-state index is 13.5. The van der Waals surface area contributed by atoms with Gasteiger partial charge in [-0.15, -0.1) is 0 Å². The number of ether oxygens (including phenoxy) is 1. The zero-order valence-electron chi connectivity index (χ0n) is 9.80. The SMILES string of the molecule is Fc1ccc(Br)cc1COCc1cc(Br)ccc1F. The van der Waals surface area contributed by atoms with Gasteiger partial charge < -0.3 is 4.74 Å². The summed E-state index contributed by atoms with van der Waals surface area (Å²) in [4.78, 5) is 0. The summed E-state index contributed by atoms with van der Waals surface area (Å²) in [6, 6.07) is 9.25. The first kappa shape index (κ1) is 14.6. The van der Waals surface area contributed by atoms with Crippen molar-refractivity contribution in [2.75, 3.05) is 0 Å². The minimum Gasteiger partial charge on any atom is -0.372 e. The standard InChI is InChI=1S/C14H10Br2F2O/c15-11-1-3-13(17)9(5-11)7-19-8-10-6-12(16)2-4-14(10)18/h1-6H,7-8H2. The van der Waals surface area contributed by atoms with Crippen LogP contribution in [-0.4, -0.2) is 0 Å². The van der Waals surface area contributed by atoms with E-state index in [9.17, 15) is 8.78 Å². The second-order valence-electron chi connectivity index (χ2n) is 3.96. The average molecular weight is 392 g/mol. The highest BCUT2D eigenvalue weighted by Crippen LogP contribution is 2.19. The van der Waals surface area contributed by atoms with Gasteiger partial charge in [-0.1, -0.05) is 31.9 Å². The lowest BCUT2D eigenvalue weighted by Gasteiger charge is -2.07. The Bertz CT molecular complexity index is 536. The highest BCUT2D eigenvalue weighted by Gasteiger charge is 2.06. The summed E-state index contributed by atoms with van der Waals surface area (Å²) in [6.07, 6.45) is 0. The van der Waals surface area contributed by atoms with Crippen LogP contribution in [0.25, 0.3) is 0 Å². The third kappa shape index (κ3) is 4.09. The monoisotopic (exact) mass is 390 g/mol. The molecule has 2 aromatic carbocycles. The molecule has 0 spiro atoms. The van der Waals surface area contributed by atoms with E-state index < -0.39 is 0 Å². The number of rotatable bonds is 4. The van der Waals surface area contributed by atoms with E-state index >= 15 is 0 Å². The van der Waals surface area contributed by atoms with E-state index in [1.807, 2.05) is 0 Å². The van der Waals surface area contributed by atoms with Crippen LogP contribution in [0.1, 0.15) is 11.1 Å². The second kappa shape index (κ2) is 6.59.